The summed E-state index contributed by atoms with van der Waals surface area (Å²) in [6, 6.07) is 9.57. The molecule has 2 aromatic rings. The van der Waals surface area contributed by atoms with Crippen molar-refractivity contribution in [1.29, 1.82) is 0 Å². The van der Waals surface area contributed by atoms with Crippen LogP contribution in [0.2, 0.25) is 0 Å². The molecule has 1 aromatic heterocycles. The van der Waals surface area contributed by atoms with Gasteiger partial charge >= 0.3 is 0 Å². The summed E-state index contributed by atoms with van der Waals surface area (Å²) in [4.78, 5) is 0. The van der Waals surface area contributed by atoms with E-state index < -0.39 is 0 Å². The van der Waals surface area contributed by atoms with Crippen molar-refractivity contribution in [2.24, 2.45) is 0 Å². The van der Waals surface area contributed by atoms with Gasteiger partial charge in [0.25, 0.3) is 0 Å². The van der Waals surface area contributed by atoms with E-state index in [-0.39, 0.29) is 0 Å². The quantitative estimate of drug-likeness (QED) is 0.827. The van der Waals surface area contributed by atoms with Crippen molar-refractivity contribution in [2.45, 2.75) is 0 Å². The van der Waals surface area contributed by atoms with Crippen molar-refractivity contribution in [1.82, 2.24) is 9.78 Å². The van der Waals surface area contributed by atoms with Crippen LogP contribution < -0.4 is 5.73 Å². The average molecular weight is 238 g/mol. The molecule has 0 unspecified atom stereocenters. The normalized spacial score (nSPS) is 10.2. The van der Waals surface area contributed by atoms with Crippen LogP contribution in [0.25, 0.3) is 5.69 Å². The molecule has 0 amide bonds. The van der Waals surface area contributed by atoms with E-state index in [9.17, 15) is 0 Å². The summed E-state index contributed by atoms with van der Waals surface area (Å²) in [5.74, 6) is 0.631. The number of nitrogen functional groups attached to an aromatic ring is 1. The van der Waals surface area contributed by atoms with E-state index in [1.807, 2.05) is 24.3 Å². The zero-order valence-electron chi connectivity index (χ0n) is 6.81. The summed E-state index contributed by atoms with van der Waals surface area (Å²) >= 11 is 3.44. The molecule has 0 aliphatic rings. The number of anilines is 1. The van der Waals surface area contributed by atoms with Crippen LogP contribution in [0.5, 0.6) is 0 Å². The average Bonchev–Trinajstić information content (AvgIpc) is 2.52. The molecule has 0 saturated carbocycles. The topological polar surface area (TPSA) is 43.8 Å². The van der Waals surface area contributed by atoms with Crippen LogP contribution in [-0.2, 0) is 0 Å². The van der Waals surface area contributed by atoms with Gasteiger partial charge in [0.15, 0.2) is 0 Å². The van der Waals surface area contributed by atoms with Crippen molar-refractivity contribution in [3.63, 3.8) is 0 Å². The third kappa shape index (κ3) is 1.45. The van der Waals surface area contributed by atoms with E-state index in [1.54, 1.807) is 16.9 Å². The minimum absolute atomic E-state index is 0.631. The van der Waals surface area contributed by atoms with Gasteiger partial charge in [-0.1, -0.05) is 12.1 Å². The molecule has 4 heteroatoms. The molecular weight excluding hydrogens is 230 g/mol. The highest BCUT2D eigenvalue weighted by Crippen LogP contribution is 2.21. The van der Waals surface area contributed by atoms with Crippen molar-refractivity contribution < 1.29 is 0 Å². The van der Waals surface area contributed by atoms with Crippen LogP contribution in [0.1, 0.15) is 0 Å². The Kier molecular flexibility index (Phi) is 2.06. The van der Waals surface area contributed by atoms with Gasteiger partial charge in [-0.15, -0.1) is 0 Å². The summed E-state index contributed by atoms with van der Waals surface area (Å²) in [6.45, 7) is 0. The first-order chi connectivity index (χ1) is 6.29. The van der Waals surface area contributed by atoms with E-state index in [0.29, 0.717) is 5.82 Å². The number of halogens is 1. The van der Waals surface area contributed by atoms with Gasteiger partial charge < -0.3 is 5.73 Å². The fourth-order valence-electron chi connectivity index (χ4n) is 1.14. The Morgan fingerprint density at radius 3 is 2.62 bits per heavy atom. The lowest BCUT2D eigenvalue weighted by Crippen LogP contribution is -2.01. The predicted molar refractivity (Wildman–Crippen MR) is 55.7 cm³/mol. The monoisotopic (exact) mass is 237 g/mol. The van der Waals surface area contributed by atoms with Gasteiger partial charge in [0.1, 0.15) is 5.82 Å². The molecule has 3 nitrogen and oxygen atoms in total. The molecule has 0 spiro atoms. The summed E-state index contributed by atoms with van der Waals surface area (Å²) in [5.41, 5.74) is 6.67. The molecule has 0 bridgehead atoms. The van der Waals surface area contributed by atoms with Gasteiger partial charge in [-0.25, -0.2) is 4.68 Å². The second-order valence-electron chi connectivity index (χ2n) is 2.62. The molecule has 13 heavy (non-hydrogen) atoms. The second-order valence-corrected chi connectivity index (χ2v) is 3.47. The molecule has 66 valence electrons. The molecule has 0 saturated heterocycles. The molecule has 0 aliphatic heterocycles. The predicted octanol–water partition coefficient (Wildman–Crippen LogP) is 2.22. The van der Waals surface area contributed by atoms with E-state index >= 15 is 0 Å². The second kappa shape index (κ2) is 3.22. The Bertz CT molecular complexity index is 422. The maximum atomic E-state index is 5.72. The molecule has 1 heterocycles. The Balaban J connectivity index is 2.59. The smallest absolute Gasteiger partial charge is 0.127 e. The standard InChI is InChI=1S/C9H8BrN3/c10-7-3-1-2-4-8(7)13-9(11)5-6-12-13/h1-6H,11H2. The van der Waals surface area contributed by atoms with Gasteiger partial charge in [0.05, 0.1) is 11.9 Å². The fraction of sp³-hybridized carbons (Fsp3) is 0. The van der Waals surface area contributed by atoms with E-state index in [1.165, 1.54) is 0 Å². The van der Waals surface area contributed by atoms with Crippen LogP contribution in [0.3, 0.4) is 0 Å². The van der Waals surface area contributed by atoms with Crippen molar-refractivity contribution >= 4 is 21.7 Å². The maximum Gasteiger partial charge on any atom is 0.127 e. The molecule has 2 N–H and O–H groups in total. The molecule has 0 radical (unpaired) electrons. The van der Waals surface area contributed by atoms with Crippen LogP contribution in [0, 0.1) is 0 Å². The number of hydrogen-bond acceptors (Lipinski definition) is 2. The van der Waals surface area contributed by atoms with Crippen molar-refractivity contribution in [3.05, 3.63) is 41.0 Å². The van der Waals surface area contributed by atoms with Crippen LogP contribution >= 0.6 is 15.9 Å². The van der Waals surface area contributed by atoms with Crippen molar-refractivity contribution in [2.75, 3.05) is 5.73 Å². The van der Waals surface area contributed by atoms with Gasteiger partial charge in [-0.05, 0) is 28.1 Å². The Hall–Kier alpha value is -1.29. The van der Waals surface area contributed by atoms with Crippen LogP contribution in [0.4, 0.5) is 5.82 Å². The number of rotatable bonds is 1. The fourth-order valence-corrected chi connectivity index (χ4v) is 1.59. The maximum absolute atomic E-state index is 5.72. The minimum Gasteiger partial charge on any atom is -0.384 e. The number of benzene rings is 1. The molecule has 0 aliphatic carbocycles. The van der Waals surface area contributed by atoms with Crippen molar-refractivity contribution in [3.8, 4) is 5.69 Å². The zero-order chi connectivity index (χ0) is 9.26. The molecule has 0 atom stereocenters. The molecule has 0 fully saturated rings. The number of nitrogens with two attached hydrogens (primary N) is 1. The molecule has 2 rings (SSSR count). The van der Waals surface area contributed by atoms with Crippen LogP contribution in [-0.4, -0.2) is 9.78 Å². The third-order valence-corrected chi connectivity index (χ3v) is 2.42. The summed E-state index contributed by atoms with van der Waals surface area (Å²) in [6.07, 6.45) is 1.68. The third-order valence-electron chi connectivity index (χ3n) is 1.75. The Morgan fingerprint density at radius 2 is 2.00 bits per heavy atom. The number of hydrogen-bond donors (Lipinski definition) is 1. The van der Waals surface area contributed by atoms with Gasteiger partial charge in [-0.3, -0.25) is 0 Å². The summed E-state index contributed by atoms with van der Waals surface area (Å²) < 4.78 is 2.66. The van der Waals surface area contributed by atoms with E-state index in [2.05, 4.69) is 21.0 Å². The largest absolute Gasteiger partial charge is 0.384 e. The molecular formula is C9H8BrN3. The summed E-state index contributed by atoms with van der Waals surface area (Å²) in [7, 11) is 0. The minimum atomic E-state index is 0.631. The first-order valence-corrected chi connectivity index (χ1v) is 4.63. The number of nitrogens with zero attached hydrogens (tertiary/aromatic N) is 2. The van der Waals surface area contributed by atoms with Gasteiger partial charge in [0, 0.05) is 10.5 Å². The zero-order valence-corrected chi connectivity index (χ0v) is 8.40. The number of para-hydroxylation sites is 1. The first kappa shape index (κ1) is 8.31. The van der Waals surface area contributed by atoms with E-state index in [4.69, 9.17) is 5.73 Å². The molecule has 1 aromatic carbocycles. The highest BCUT2D eigenvalue weighted by Gasteiger charge is 2.03. The lowest BCUT2D eigenvalue weighted by Gasteiger charge is -2.05. The lowest BCUT2D eigenvalue weighted by atomic mass is 10.3. The van der Waals surface area contributed by atoms with E-state index in [0.717, 1.165) is 10.2 Å². The lowest BCUT2D eigenvalue weighted by molar-refractivity contribution is 0.887. The van der Waals surface area contributed by atoms with Crippen LogP contribution in [0.15, 0.2) is 41.0 Å². The van der Waals surface area contributed by atoms with Gasteiger partial charge in [-0.2, -0.15) is 5.10 Å². The first-order valence-electron chi connectivity index (χ1n) is 3.83. The number of aromatic nitrogens is 2. The Morgan fingerprint density at radius 1 is 1.23 bits per heavy atom. The highest BCUT2D eigenvalue weighted by molar-refractivity contribution is 9.10. The SMILES string of the molecule is Nc1ccnn1-c1ccccc1Br. The van der Waals surface area contributed by atoms with Gasteiger partial charge in [0.2, 0.25) is 0 Å². The highest BCUT2D eigenvalue weighted by atomic mass is 79.9. The summed E-state index contributed by atoms with van der Waals surface area (Å²) in [5, 5.41) is 4.11. The Labute approximate surface area is 84.3 Å².